The molecule has 6 heteroatoms. The van der Waals surface area contributed by atoms with Gasteiger partial charge in [-0.25, -0.2) is 4.79 Å². The summed E-state index contributed by atoms with van der Waals surface area (Å²) < 4.78 is 0. The maximum Gasteiger partial charge on any atom is 0.321 e. The molecule has 2 aromatic carbocycles. The van der Waals surface area contributed by atoms with Crippen LogP contribution in [0.1, 0.15) is 38.2 Å². The summed E-state index contributed by atoms with van der Waals surface area (Å²) in [4.78, 5) is 28.8. The van der Waals surface area contributed by atoms with E-state index in [1.165, 1.54) is 5.56 Å². The fourth-order valence-corrected chi connectivity index (χ4v) is 4.04. The number of rotatable bonds is 8. The number of amides is 3. The standard InChI is InChI=1S/C25H34N4O2/c1-3-10-24(30)26-17-21-13-9-16-29(19-21)25(31)27-22-14-7-8-15-23(22)28(2)18-20-11-5-4-6-12-20/h4-8,11-12,14-15,21H,3,9-10,13,16-19H2,1-2H3,(H,26,30)(H,27,31). The van der Waals surface area contributed by atoms with Crippen LogP contribution >= 0.6 is 0 Å². The zero-order chi connectivity index (χ0) is 22.1. The van der Waals surface area contributed by atoms with Gasteiger partial charge in [0, 0.05) is 39.6 Å². The number of hydrogen-bond donors (Lipinski definition) is 2. The third-order valence-corrected chi connectivity index (χ3v) is 5.69. The van der Waals surface area contributed by atoms with Crippen molar-refractivity contribution in [3.05, 3.63) is 60.2 Å². The van der Waals surface area contributed by atoms with Gasteiger partial charge in [0.2, 0.25) is 5.91 Å². The fraction of sp³-hybridized carbons (Fsp3) is 0.440. The van der Waals surface area contributed by atoms with Crippen molar-refractivity contribution in [1.82, 2.24) is 10.2 Å². The Bertz CT molecular complexity index is 856. The van der Waals surface area contributed by atoms with Crippen molar-refractivity contribution in [2.45, 2.75) is 39.2 Å². The quantitative estimate of drug-likeness (QED) is 0.659. The molecule has 0 bridgehead atoms. The Morgan fingerprint density at radius 3 is 2.61 bits per heavy atom. The summed E-state index contributed by atoms with van der Waals surface area (Å²) >= 11 is 0. The minimum atomic E-state index is -0.0786. The van der Waals surface area contributed by atoms with Gasteiger partial charge in [0.05, 0.1) is 11.4 Å². The highest BCUT2D eigenvalue weighted by Gasteiger charge is 2.24. The largest absolute Gasteiger partial charge is 0.369 e. The van der Waals surface area contributed by atoms with E-state index in [2.05, 4.69) is 27.7 Å². The van der Waals surface area contributed by atoms with Gasteiger partial charge in [-0.2, -0.15) is 0 Å². The van der Waals surface area contributed by atoms with E-state index in [1.54, 1.807) is 0 Å². The molecule has 166 valence electrons. The molecule has 1 fully saturated rings. The van der Waals surface area contributed by atoms with Gasteiger partial charge in [0.15, 0.2) is 0 Å². The number of likely N-dealkylation sites (tertiary alicyclic amines) is 1. The summed E-state index contributed by atoms with van der Waals surface area (Å²) in [5.41, 5.74) is 3.01. The van der Waals surface area contributed by atoms with Gasteiger partial charge in [-0.05, 0) is 42.9 Å². The first-order chi connectivity index (χ1) is 15.1. The second-order valence-corrected chi connectivity index (χ2v) is 8.30. The van der Waals surface area contributed by atoms with E-state index in [1.807, 2.05) is 61.3 Å². The summed E-state index contributed by atoms with van der Waals surface area (Å²) in [5.74, 6) is 0.399. The Balaban J connectivity index is 1.59. The zero-order valence-electron chi connectivity index (χ0n) is 18.6. The molecule has 1 atom stereocenters. The van der Waals surface area contributed by atoms with Crippen molar-refractivity contribution in [3.63, 3.8) is 0 Å². The first-order valence-electron chi connectivity index (χ1n) is 11.2. The first kappa shape index (κ1) is 22.7. The van der Waals surface area contributed by atoms with Crippen LogP contribution in [-0.2, 0) is 11.3 Å². The zero-order valence-corrected chi connectivity index (χ0v) is 18.6. The number of hydrogen-bond acceptors (Lipinski definition) is 3. The highest BCUT2D eigenvalue weighted by Crippen LogP contribution is 2.27. The summed E-state index contributed by atoms with van der Waals surface area (Å²) in [7, 11) is 2.04. The lowest BCUT2D eigenvalue weighted by Gasteiger charge is -2.33. The summed E-state index contributed by atoms with van der Waals surface area (Å²) in [6.45, 7) is 4.81. The maximum absolute atomic E-state index is 13.0. The lowest BCUT2D eigenvalue weighted by Crippen LogP contribution is -2.45. The van der Waals surface area contributed by atoms with Crippen LogP contribution in [0.15, 0.2) is 54.6 Å². The highest BCUT2D eigenvalue weighted by molar-refractivity contribution is 5.93. The molecular formula is C25H34N4O2. The average molecular weight is 423 g/mol. The van der Waals surface area contributed by atoms with Gasteiger partial charge in [-0.1, -0.05) is 49.4 Å². The van der Waals surface area contributed by atoms with E-state index in [9.17, 15) is 9.59 Å². The van der Waals surface area contributed by atoms with Gasteiger partial charge in [-0.3, -0.25) is 4.79 Å². The summed E-state index contributed by atoms with van der Waals surface area (Å²) in [5, 5.41) is 6.12. The van der Waals surface area contributed by atoms with Crippen LogP contribution in [-0.4, -0.2) is 43.5 Å². The average Bonchev–Trinajstić information content (AvgIpc) is 2.79. The molecule has 0 saturated carbocycles. The second-order valence-electron chi connectivity index (χ2n) is 8.30. The Morgan fingerprint density at radius 2 is 1.84 bits per heavy atom. The second kappa shape index (κ2) is 11.4. The van der Waals surface area contributed by atoms with Crippen LogP contribution in [0.5, 0.6) is 0 Å². The number of nitrogens with zero attached hydrogens (tertiary/aromatic N) is 2. The summed E-state index contributed by atoms with van der Waals surface area (Å²) in [6.07, 6.45) is 3.40. The third kappa shape index (κ3) is 6.74. The lowest BCUT2D eigenvalue weighted by molar-refractivity contribution is -0.121. The molecule has 31 heavy (non-hydrogen) atoms. The van der Waals surface area contributed by atoms with E-state index in [4.69, 9.17) is 0 Å². The van der Waals surface area contributed by atoms with E-state index >= 15 is 0 Å². The van der Waals surface area contributed by atoms with Crippen LogP contribution in [0.4, 0.5) is 16.2 Å². The molecule has 1 saturated heterocycles. The predicted octanol–water partition coefficient (Wildman–Crippen LogP) is 4.48. The maximum atomic E-state index is 13.0. The van der Waals surface area contributed by atoms with Crippen molar-refractivity contribution in [3.8, 4) is 0 Å². The summed E-state index contributed by atoms with van der Waals surface area (Å²) in [6, 6.07) is 18.1. The molecule has 0 aromatic heterocycles. The van der Waals surface area contributed by atoms with Crippen molar-refractivity contribution in [1.29, 1.82) is 0 Å². The molecule has 1 heterocycles. The van der Waals surface area contributed by atoms with Crippen molar-refractivity contribution < 1.29 is 9.59 Å². The van der Waals surface area contributed by atoms with Crippen LogP contribution in [0.2, 0.25) is 0 Å². The molecule has 1 aliphatic heterocycles. The third-order valence-electron chi connectivity index (χ3n) is 5.69. The Morgan fingerprint density at radius 1 is 1.10 bits per heavy atom. The smallest absolute Gasteiger partial charge is 0.321 e. The number of piperidine rings is 1. The molecule has 2 aromatic rings. The monoisotopic (exact) mass is 422 g/mol. The molecule has 3 amide bonds. The highest BCUT2D eigenvalue weighted by atomic mass is 16.2. The molecule has 0 radical (unpaired) electrons. The SMILES string of the molecule is CCCC(=O)NCC1CCCN(C(=O)Nc2ccccc2N(C)Cc2ccccc2)C1. The molecule has 6 nitrogen and oxygen atoms in total. The predicted molar refractivity (Wildman–Crippen MR) is 126 cm³/mol. The van der Waals surface area contributed by atoms with Crippen LogP contribution < -0.4 is 15.5 Å². The van der Waals surface area contributed by atoms with Crippen LogP contribution in [0.25, 0.3) is 0 Å². The molecule has 1 aliphatic rings. The molecule has 3 rings (SSSR count). The Kier molecular flexibility index (Phi) is 8.33. The van der Waals surface area contributed by atoms with Crippen molar-refractivity contribution in [2.24, 2.45) is 5.92 Å². The lowest BCUT2D eigenvalue weighted by atomic mass is 9.98. The van der Waals surface area contributed by atoms with Gasteiger partial charge in [0.1, 0.15) is 0 Å². The minimum absolute atomic E-state index is 0.0786. The number of carbonyl (C=O) groups excluding carboxylic acids is 2. The molecule has 0 aliphatic carbocycles. The van der Waals surface area contributed by atoms with Gasteiger partial charge < -0.3 is 20.4 Å². The molecule has 0 spiro atoms. The van der Waals surface area contributed by atoms with Crippen LogP contribution in [0, 0.1) is 5.92 Å². The van der Waals surface area contributed by atoms with E-state index in [-0.39, 0.29) is 11.9 Å². The number of anilines is 2. The molecule has 1 unspecified atom stereocenters. The number of carbonyl (C=O) groups is 2. The topological polar surface area (TPSA) is 64.7 Å². The van der Waals surface area contributed by atoms with Crippen molar-refractivity contribution in [2.75, 3.05) is 36.9 Å². The Labute approximate surface area is 185 Å². The number of urea groups is 1. The van der Waals surface area contributed by atoms with Gasteiger partial charge in [0.25, 0.3) is 0 Å². The number of para-hydroxylation sites is 2. The number of benzene rings is 2. The van der Waals surface area contributed by atoms with E-state index in [0.717, 1.165) is 43.7 Å². The van der Waals surface area contributed by atoms with E-state index < -0.39 is 0 Å². The van der Waals surface area contributed by atoms with Gasteiger partial charge in [-0.15, -0.1) is 0 Å². The fourth-order valence-electron chi connectivity index (χ4n) is 4.04. The van der Waals surface area contributed by atoms with Crippen LogP contribution in [0.3, 0.4) is 0 Å². The minimum Gasteiger partial charge on any atom is -0.369 e. The molecule has 2 N–H and O–H groups in total. The van der Waals surface area contributed by atoms with E-state index in [0.29, 0.717) is 25.4 Å². The van der Waals surface area contributed by atoms with Crippen molar-refractivity contribution >= 4 is 23.3 Å². The molecular weight excluding hydrogens is 388 g/mol. The number of nitrogens with one attached hydrogen (secondary N) is 2. The van der Waals surface area contributed by atoms with Gasteiger partial charge >= 0.3 is 6.03 Å². The first-order valence-corrected chi connectivity index (χ1v) is 11.2. The normalized spacial score (nSPS) is 15.9. The Hall–Kier alpha value is -3.02.